The molecule has 0 aliphatic heterocycles. The van der Waals surface area contributed by atoms with E-state index in [1.165, 1.54) is 6.07 Å². The normalized spacial score (nSPS) is 12.3. The second-order valence-electron chi connectivity index (χ2n) is 4.64. The van der Waals surface area contributed by atoms with Gasteiger partial charge in [-0.3, -0.25) is 0 Å². The summed E-state index contributed by atoms with van der Waals surface area (Å²) >= 11 is 0. The van der Waals surface area contributed by atoms with E-state index in [9.17, 15) is 4.39 Å². The summed E-state index contributed by atoms with van der Waals surface area (Å²) in [6.45, 7) is 6.27. The Morgan fingerprint density at radius 2 is 1.93 bits per heavy atom. The topological polar surface area (TPSA) is 15.8 Å². The van der Waals surface area contributed by atoms with E-state index in [1.54, 1.807) is 6.07 Å². The van der Waals surface area contributed by atoms with Crippen molar-refractivity contribution in [1.82, 2.24) is 4.98 Å². The van der Waals surface area contributed by atoms with E-state index in [1.807, 2.05) is 12.3 Å². The zero-order valence-electron chi connectivity index (χ0n) is 8.69. The Labute approximate surface area is 82.9 Å². The van der Waals surface area contributed by atoms with E-state index < -0.39 is 0 Å². The number of fused-ring (bicyclic) bond motifs is 1. The number of halogens is 1. The molecule has 0 bridgehead atoms. The van der Waals surface area contributed by atoms with Crippen molar-refractivity contribution in [3.8, 4) is 0 Å². The molecule has 0 radical (unpaired) electrons. The fraction of sp³-hybridized carbons (Fsp3) is 0.333. The summed E-state index contributed by atoms with van der Waals surface area (Å²) in [5, 5.41) is 1.11. The van der Waals surface area contributed by atoms with Gasteiger partial charge in [-0.2, -0.15) is 0 Å². The van der Waals surface area contributed by atoms with Gasteiger partial charge in [-0.15, -0.1) is 0 Å². The molecule has 0 atom stereocenters. The van der Waals surface area contributed by atoms with Gasteiger partial charge in [0, 0.05) is 17.1 Å². The zero-order valence-corrected chi connectivity index (χ0v) is 8.69. The molecule has 74 valence electrons. The van der Waals surface area contributed by atoms with Gasteiger partial charge >= 0.3 is 0 Å². The SMILES string of the molecule is CC(C)(C)c1cc(F)cc2[nH]ccc12. The summed E-state index contributed by atoms with van der Waals surface area (Å²) in [5.41, 5.74) is 1.89. The molecule has 1 N–H and O–H groups in total. The Balaban J connectivity index is 2.80. The lowest BCUT2D eigenvalue weighted by Gasteiger charge is -2.20. The number of rotatable bonds is 0. The number of aromatic nitrogens is 1. The Kier molecular flexibility index (Phi) is 1.88. The van der Waals surface area contributed by atoms with Gasteiger partial charge in [0.1, 0.15) is 5.82 Å². The summed E-state index contributed by atoms with van der Waals surface area (Å²) in [7, 11) is 0. The molecule has 1 aromatic heterocycles. The van der Waals surface area contributed by atoms with Crippen molar-refractivity contribution in [3.05, 3.63) is 35.8 Å². The lowest BCUT2D eigenvalue weighted by atomic mass is 9.85. The average Bonchev–Trinajstić information content (AvgIpc) is 2.47. The molecule has 2 heteroatoms. The molecule has 0 saturated heterocycles. The smallest absolute Gasteiger partial charge is 0.125 e. The first-order valence-electron chi connectivity index (χ1n) is 4.75. The third-order valence-corrected chi connectivity index (χ3v) is 2.44. The molecule has 14 heavy (non-hydrogen) atoms. The molecule has 0 fully saturated rings. The maximum Gasteiger partial charge on any atom is 0.125 e. The molecule has 0 aliphatic carbocycles. The molecule has 0 saturated carbocycles. The summed E-state index contributed by atoms with van der Waals surface area (Å²) in [4.78, 5) is 3.03. The maximum atomic E-state index is 13.3. The van der Waals surface area contributed by atoms with Gasteiger partial charge in [0.15, 0.2) is 0 Å². The van der Waals surface area contributed by atoms with Crippen LogP contribution in [0.4, 0.5) is 4.39 Å². The summed E-state index contributed by atoms with van der Waals surface area (Å²) in [6.07, 6.45) is 1.85. The number of H-pyrrole nitrogens is 1. The predicted octanol–water partition coefficient (Wildman–Crippen LogP) is 3.60. The van der Waals surface area contributed by atoms with Crippen molar-refractivity contribution in [1.29, 1.82) is 0 Å². The van der Waals surface area contributed by atoms with Gasteiger partial charge in [-0.05, 0) is 29.2 Å². The van der Waals surface area contributed by atoms with Crippen LogP contribution in [-0.4, -0.2) is 4.98 Å². The van der Waals surface area contributed by atoms with Crippen molar-refractivity contribution < 1.29 is 4.39 Å². The van der Waals surface area contributed by atoms with Crippen LogP contribution < -0.4 is 0 Å². The summed E-state index contributed by atoms with van der Waals surface area (Å²) in [5.74, 6) is -0.176. The average molecular weight is 191 g/mol. The minimum absolute atomic E-state index is 0.0253. The Morgan fingerprint density at radius 3 is 2.57 bits per heavy atom. The van der Waals surface area contributed by atoms with E-state index in [4.69, 9.17) is 0 Å². The van der Waals surface area contributed by atoms with Gasteiger partial charge in [0.05, 0.1) is 0 Å². The van der Waals surface area contributed by atoms with Crippen LogP contribution in [0.25, 0.3) is 10.9 Å². The van der Waals surface area contributed by atoms with Gasteiger partial charge < -0.3 is 4.98 Å². The lowest BCUT2D eigenvalue weighted by Crippen LogP contribution is -2.11. The second-order valence-corrected chi connectivity index (χ2v) is 4.64. The molecule has 1 aromatic carbocycles. The third kappa shape index (κ3) is 1.41. The highest BCUT2D eigenvalue weighted by Gasteiger charge is 2.18. The van der Waals surface area contributed by atoms with Crippen LogP contribution >= 0.6 is 0 Å². The van der Waals surface area contributed by atoms with E-state index in [0.717, 1.165) is 16.5 Å². The van der Waals surface area contributed by atoms with E-state index in [2.05, 4.69) is 25.8 Å². The van der Waals surface area contributed by atoms with Crippen LogP contribution in [0.3, 0.4) is 0 Å². The second kappa shape index (κ2) is 2.84. The number of hydrogen-bond donors (Lipinski definition) is 1. The Bertz CT molecular complexity index is 463. The fourth-order valence-electron chi connectivity index (χ4n) is 1.75. The van der Waals surface area contributed by atoms with Crippen molar-refractivity contribution in [2.24, 2.45) is 0 Å². The van der Waals surface area contributed by atoms with Crippen LogP contribution in [0.2, 0.25) is 0 Å². The molecule has 0 amide bonds. The number of aromatic amines is 1. The van der Waals surface area contributed by atoms with Gasteiger partial charge in [-0.25, -0.2) is 4.39 Å². The fourth-order valence-corrected chi connectivity index (χ4v) is 1.75. The highest BCUT2D eigenvalue weighted by Crippen LogP contribution is 2.30. The standard InChI is InChI=1S/C12H14FN/c1-12(2,3)10-6-8(13)7-11-9(10)4-5-14-11/h4-7,14H,1-3H3. The zero-order chi connectivity index (χ0) is 10.3. The molecule has 2 rings (SSSR count). The van der Waals surface area contributed by atoms with Crippen LogP contribution in [0.5, 0.6) is 0 Å². The van der Waals surface area contributed by atoms with Crippen LogP contribution in [0, 0.1) is 5.82 Å². The van der Waals surface area contributed by atoms with Crippen LogP contribution in [0.1, 0.15) is 26.3 Å². The molecule has 0 aliphatic rings. The molecule has 0 unspecified atom stereocenters. The first-order valence-corrected chi connectivity index (χ1v) is 4.75. The molecule has 1 nitrogen and oxygen atoms in total. The number of benzene rings is 1. The highest BCUT2D eigenvalue weighted by atomic mass is 19.1. The third-order valence-electron chi connectivity index (χ3n) is 2.44. The van der Waals surface area contributed by atoms with Gasteiger partial charge in [0.2, 0.25) is 0 Å². The summed E-state index contributed by atoms with van der Waals surface area (Å²) in [6, 6.07) is 5.15. The van der Waals surface area contributed by atoms with Crippen molar-refractivity contribution in [2.75, 3.05) is 0 Å². The monoisotopic (exact) mass is 191 g/mol. The van der Waals surface area contributed by atoms with Crippen LogP contribution in [0.15, 0.2) is 24.4 Å². The van der Waals surface area contributed by atoms with Crippen LogP contribution in [-0.2, 0) is 5.41 Å². The minimum Gasteiger partial charge on any atom is -0.361 e. The summed E-state index contributed by atoms with van der Waals surface area (Å²) < 4.78 is 13.3. The van der Waals surface area contributed by atoms with Gasteiger partial charge in [-0.1, -0.05) is 20.8 Å². The van der Waals surface area contributed by atoms with Crippen molar-refractivity contribution >= 4 is 10.9 Å². The molecule has 0 spiro atoms. The quantitative estimate of drug-likeness (QED) is 0.654. The lowest BCUT2D eigenvalue weighted by molar-refractivity contribution is 0.578. The first-order chi connectivity index (χ1) is 6.48. The van der Waals surface area contributed by atoms with Crippen molar-refractivity contribution in [3.63, 3.8) is 0 Å². The van der Waals surface area contributed by atoms with E-state index in [-0.39, 0.29) is 11.2 Å². The van der Waals surface area contributed by atoms with Gasteiger partial charge in [0.25, 0.3) is 0 Å². The highest BCUT2D eigenvalue weighted by molar-refractivity contribution is 5.84. The number of nitrogens with one attached hydrogen (secondary N) is 1. The molecular formula is C12H14FN. The van der Waals surface area contributed by atoms with E-state index in [0.29, 0.717) is 0 Å². The predicted molar refractivity (Wildman–Crippen MR) is 57.0 cm³/mol. The number of hydrogen-bond acceptors (Lipinski definition) is 0. The Hall–Kier alpha value is -1.31. The van der Waals surface area contributed by atoms with Crippen molar-refractivity contribution in [2.45, 2.75) is 26.2 Å². The Morgan fingerprint density at radius 1 is 1.21 bits per heavy atom. The molecular weight excluding hydrogens is 177 g/mol. The molecule has 2 aromatic rings. The minimum atomic E-state index is -0.176. The maximum absolute atomic E-state index is 13.3. The molecule has 1 heterocycles. The first kappa shape index (κ1) is 9.25. The van der Waals surface area contributed by atoms with E-state index >= 15 is 0 Å². The largest absolute Gasteiger partial charge is 0.361 e.